The Morgan fingerprint density at radius 2 is 0.944 bits per heavy atom. The molecule has 0 aliphatic rings. The Labute approximate surface area is 343 Å². The van der Waals surface area contributed by atoms with Crippen LogP contribution >= 0.6 is 17.0 Å². The van der Waals surface area contributed by atoms with E-state index in [2.05, 4.69) is 147 Å². The summed E-state index contributed by atoms with van der Waals surface area (Å²) in [6.07, 6.45) is 13.0. The van der Waals surface area contributed by atoms with Gasteiger partial charge in [-0.05, 0) is 47.9 Å². The third-order valence-corrected chi connectivity index (χ3v) is 9.22. The Hall–Kier alpha value is -3.43. The average molecular weight is 840 g/mol. The predicted molar refractivity (Wildman–Crippen MR) is 231 cm³/mol. The molecule has 2 N–H and O–H groups in total. The average Bonchev–Trinajstić information content (AvgIpc) is 3.82. The standard InChI is InChI=1S/2C22H25.C2H4BN2O2.2ClH.Zr/c2*1-3-5-10-17-15-19-12-8-14-21(22(19)16-17)20-13-7-6-11-18(20)9-4-2;6-1-4-3-5-2-7;;;/h2*6-8,11-16H,3-5,9-10H2,1-2H3;1-2H,(H,4,6)(H,5,7);2*1H;/q2*-1;;;;+4/p-2. The van der Waals surface area contributed by atoms with E-state index in [1.54, 1.807) is 0 Å². The summed E-state index contributed by atoms with van der Waals surface area (Å²) in [5.41, 5.74) is 11.5. The summed E-state index contributed by atoms with van der Waals surface area (Å²) in [5.74, 6) is 0. The number of hydrogen-bond donors (Lipinski definition) is 2. The van der Waals surface area contributed by atoms with E-state index < -0.39 is 20.8 Å². The SMILES string of the molecule is CCCCc1cc2c(-c3ccccc3CCC)cccc2[cH-]1.CCCCc1cc2c(-c3ccccc3CCC)cccc2[cH-]1.O=CN[B]NC=O.[Cl][Zr+2][Cl]. The first kappa shape index (κ1) is 45.0. The van der Waals surface area contributed by atoms with Gasteiger partial charge in [0.1, 0.15) is 0 Å². The quantitative estimate of drug-likeness (QED) is 0.0441. The van der Waals surface area contributed by atoms with E-state index in [1.807, 2.05) is 0 Å². The predicted octanol–water partition coefficient (Wildman–Crippen LogP) is 12.4. The van der Waals surface area contributed by atoms with Crippen LogP contribution < -0.4 is 10.5 Å². The molecule has 0 spiro atoms. The molecule has 0 saturated heterocycles. The molecule has 6 aromatic carbocycles. The Bertz CT molecular complexity index is 1830. The Morgan fingerprint density at radius 1 is 0.556 bits per heavy atom. The molecule has 6 aromatic rings. The molecule has 0 aromatic heterocycles. The van der Waals surface area contributed by atoms with Crippen LogP contribution in [0.25, 0.3) is 43.8 Å². The second-order valence-corrected chi connectivity index (χ2v) is 16.9. The van der Waals surface area contributed by atoms with Gasteiger partial charge >= 0.3 is 45.4 Å². The number of benzene rings is 4. The van der Waals surface area contributed by atoms with Crippen molar-refractivity contribution in [3.63, 3.8) is 0 Å². The zero-order chi connectivity index (χ0) is 39.0. The molecule has 281 valence electrons. The second kappa shape index (κ2) is 26.4. The first-order valence-electron chi connectivity index (χ1n) is 19.2. The number of unbranched alkanes of at least 4 members (excludes halogenated alkanes) is 2. The van der Waals surface area contributed by atoms with Crippen LogP contribution in [0.15, 0.2) is 109 Å². The van der Waals surface area contributed by atoms with Crippen LogP contribution in [0.2, 0.25) is 0 Å². The monoisotopic (exact) mass is 837 g/mol. The van der Waals surface area contributed by atoms with Gasteiger partial charge in [-0.25, -0.2) is 0 Å². The Kier molecular flexibility index (Phi) is 22.0. The van der Waals surface area contributed by atoms with E-state index in [4.69, 9.17) is 17.0 Å². The number of nitrogens with one attached hydrogen (secondary N) is 2. The van der Waals surface area contributed by atoms with Gasteiger partial charge in [0, 0.05) is 0 Å². The van der Waals surface area contributed by atoms with Crippen LogP contribution in [0.4, 0.5) is 0 Å². The van der Waals surface area contributed by atoms with Crippen LogP contribution in [0.3, 0.4) is 0 Å². The van der Waals surface area contributed by atoms with Gasteiger partial charge in [0.25, 0.3) is 0 Å². The fourth-order valence-corrected chi connectivity index (χ4v) is 6.77. The van der Waals surface area contributed by atoms with Crippen molar-refractivity contribution < 1.29 is 30.4 Å². The van der Waals surface area contributed by atoms with Gasteiger partial charge in [0.15, 0.2) is 12.8 Å². The molecule has 54 heavy (non-hydrogen) atoms. The summed E-state index contributed by atoms with van der Waals surface area (Å²) in [4.78, 5) is 18.8. The van der Waals surface area contributed by atoms with E-state index >= 15 is 0 Å². The Morgan fingerprint density at radius 3 is 1.31 bits per heavy atom. The molecular weight excluding hydrogens is 785 g/mol. The molecule has 6 rings (SSSR count). The van der Waals surface area contributed by atoms with Gasteiger partial charge in [-0.2, -0.15) is 12.1 Å². The summed E-state index contributed by atoms with van der Waals surface area (Å²) >= 11 is -0.826. The minimum absolute atomic E-state index is 0.455. The first-order chi connectivity index (χ1) is 26.5. The molecule has 4 nitrogen and oxygen atoms in total. The van der Waals surface area contributed by atoms with Crippen LogP contribution in [-0.2, 0) is 56.1 Å². The van der Waals surface area contributed by atoms with E-state index in [0.29, 0.717) is 12.8 Å². The van der Waals surface area contributed by atoms with Crippen molar-refractivity contribution in [2.24, 2.45) is 0 Å². The van der Waals surface area contributed by atoms with Crippen molar-refractivity contribution >= 4 is 58.9 Å². The number of halogens is 2. The number of rotatable bonds is 16. The molecule has 0 bridgehead atoms. The van der Waals surface area contributed by atoms with E-state index in [-0.39, 0.29) is 0 Å². The van der Waals surface area contributed by atoms with Gasteiger partial charge in [0.05, 0.1) is 0 Å². The van der Waals surface area contributed by atoms with Crippen LogP contribution in [-0.4, -0.2) is 20.4 Å². The van der Waals surface area contributed by atoms with E-state index in [0.717, 1.165) is 20.4 Å². The Balaban J connectivity index is 0.000000233. The van der Waals surface area contributed by atoms with Crippen LogP contribution in [0.1, 0.15) is 88.5 Å². The third-order valence-electron chi connectivity index (χ3n) is 9.22. The molecule has 0 heterocycles. The van der Waals surface area contributed by atoms with Gasteiger partial charge < -0.3 is 10.5 Å². The topological polar surface area (TPSA) is 58.2 Å². The van der Waals surface area contributed by atoms with Crippen molar-refractivity contribution in [2.75, 3.05) is 0 Å². The fourth-order valence-electron chi connectivity index (χ4n) is 6.77. The van der Waals surface area contributed by atoms with Crippen molar-refractivity contribution in [2.45, 2.75) is 91.9 Å². The van der Waals surface area contributed by atoms with Gasteiger partial charge in [-0.1, -0.05) is 138 Å². The van der Waals surface area contributed by atoms with Crippen molar-refractivity contribution in [3.05, 3.63) is 131 Å². The molecule has 0 unspecified atom stereocenters. The van der Waals surface area contributed by atoms with E-state index in [9.17, 15) is 9.59 Å². The van der Waals surface area contributed by atoms with E-state index in [1.165, 1.54) is 117 Å². The summed E-state index contributed by atoms with van der Waals surface area (Å²) in [6, 6.07) is 40.7. The molecular formula is C46H54BCl2N2O2Zr. The molecule has 2 amide bonds. The summed E-state index contributed by atoms with van der Waals surface area (Å²) in [6.45, 7) is 9.02. The van der Waals surface area contributed by atoms with Crippen molar-refractivity contribution in [3.8, 4) is 22.3 Å². The summed E-state index contributed by atoms with van der Waals surface area (Å²) < 4.78 is 0. The zero-order valence-corrected chi connectivity index (χ0v) is 36.2. The van der Waals surface area contributed by atoms with Crippen molar-refractivity contribution in [1.29, 1.82) is 0 Å². The van der Waals surface area contributed by atoms with Gasteiger partial charge in [-0.15, -0.1) is 69.1 Å². The third kappa shape index (κ3) is 14.0. The number of carbonyl (C=O) groups is 2. The number of aryl methyl sites for hydroxylation is 4. The van der Waals surface area contributed by atoms with Crippen molar-refractivity contribution in [1.82, 2.24) is 10.5 Å². The zero-order valence-electron chi connectivity index (χ0n) is 32.3. The molecule has 0 saturated carbocycles. The number of fused-ring (bicyclic) bond motifs is 2. The van der Waals surface area contributed by atoms with Gasteiger partial charge in [-0.3, -0.25) is 9.59 Å². The van der Waals surface area contributed by atoms with Crippen LogP contribution in [0.5, 0.6) is 0 Å². The summed E-state index contributed by atoms with van der Waals surface area (Å²) in [5, 5.41) is 9.80. The maximum absolute atomic E-state index is 9.38. The normalized spacial score (nSPS) is 10.1. The second-order valence-electron chi connectivity index (χ2n) is 13.2. The molecule has 0 atom stereocenters. The maximum atomic E-state index is 9.38. The number of amides is 2. The molecule has 0 aliphatic carbocycles. The number of carbonyl (C=O) groups excluding carboxylic acids is 2. The minimum atomic E-state index is -0.826. The van der Waals surface area contributed by atoms with Gasteiger partial charge in [0.2, 0.25) is 0 Å². The molecule has 0 fully saturated rings. The molecule has 8 heteroatoms. The summed E-state index contributed by atoms with van der Waals surface area (Å²) in [7, 11) is 11.0. The molecule has 1 radical (unpaired) electrons. The number of hydrogen-bond acceptors (Lipinski definition) is 2. The fraction of sp³-hybridized carbons (Fsp3) is 0.304. The first-order valence-corrected chi connectivity index (χ1v) is 25.5. The van der Waals surface area contributed by atoms with Crippen LogP contribution in [0, 0.1) is 0 Å². The molecule has 0 aliphatic heterocycles.